The first kappa shape index (κ1) is 20.9. The van der Waals surface area contributed by atoms with Crippen molar-refractivity contribution in [2.75, 3.05) is 5.32 Å². The van der Waals surface area contributed by atoms with E-state index in [2.05, 4.69) is 19.8 Å². The van der Waals surface area contributed by atoms with Gasteiger partial charge in [-0.25, -0.2) is 4.98 Å². The van der Waals surface area contributed by atoms with E-state index in [0.29, 0.717) is 11.1 Å². The molecule has 11 heteroatoms. The van der Waals surface area contributed by atoms with E-state index in [0.717, 1.165) is 18.2 Å². The van der Waals surface area contributed by atoms with Crippen LogP contribution in [0.1, 0.15) is 15.9 Å². The maximum atomic E-state index is 13.2. The second-order valence-electron chi connectivity index (χ2n) is 6.38. The molecule has 31 heavy (non-hydrogen) atoms. The first-order valence-corrected chi connectivity index (χ1v) is 8.95. The summed E-state index contributed by atoms with van der Waals surface area (Å²) in [6, 6.07) is 9.54. The Morgan fingerprint density at radius 2 is 1.71 bits per heavy atom. The Labute approximate surface area is 176 Å². The van der Waals surface area contributed by atoms with E-state index in [-0.39, 0.29) is 22.3 Å². The van der Waals surface area contributed by atoms with Gasteiger partial charge in [0.2, 0.25) is 0 Å². The number of nitrogens with zero attached hydrogens (tertiary/aromatic N) is 1. The van der Waals surface area contributed by atoms with Gasteiger partial charge in [-0.15, -0.1) is 8.78 Å². The van der Waals surface area contributed by atoms with Gasteiger partial charge in [0.25, 0.3) is 5.91 Å². The van der Waals surface area contributed by atoms with Crippen molar-refractivity contribution >= 4 is 23.3 Å². The summed E-state index contributed by atoms with van der Waals surface area (Å²) in [5.74, 6) is -1.45. The fourth-order valence-electron chi connectivity index (χ4n) is 2.93. The standard InChI is InChI=1S/C20H10ClF5N2O3/c21-14-8-16-15(30-20(25,26)31-16)7-12(14)10-5-6-17(27-9-10)28-18(29)11-3-1-2-4-13(11)19(22,23)24/h1-9H,(H,27,28,29). The van der Waals surface area contributed by atoms with Gasteiger partial charge in [-0.05, 0) is 30.3 Å². The number of alkyl halides is 5. The predicted molar refractivity (Wildman–Crippen MR) is 100 cm³/mol. The number of nitrogens with one attached hydrogen (secondary N) is 1. The lowest BCUT2D eigenvalue weighted by Crippen LogP contribution is -2.25. The summed E-state index contributed by atoms with van der Waals surface area (Å²) in [7, 11) is 0. The van der Waals surface area contributed by atoms with Gasteiger partial charge >= 0.3 is 12.5 Å². The van der Waals surface area contributed by atoms with Gasteiger partial charge in [0.05, 0.1) is 16.1 Å². The predicted octanol–water partition coefficient (Wildman–Crippen LogP) is 5.99. The highest BCUT2D eigenvalue weighted by Crippen LogP contribution is 2.46. The average molecular weight is 457 g/mol. The topological polar surface area (TPSA) is 60.5 Å². The lowest BCUT2D eigenvalue weighted by Gasteiger charge is -2.12. The molecule has 0 atom stereocenters. The van der Waals surface area contributed by atoms with Gasteiger partial charge in [0.15, 0.2) is 11.5 Å². The van der Waals surface area contributed by atoms with Gasteiger partial charge in [-0.1, -0.05) is 23.7 Å². The number of pyridine rings is 1. The Balaban J connectivity index is 1.56. The molecule has 0 aliphatic carbocycles. The monoisotopic (exact) mass is 456 g/mol. The molecule has 1 amide bonds. The molecular formula is C20H10ClF5N2O3. The van der Waals surface area contributed by atoms with E-state index in [4.69, 9.17) is 11.6 Å². The van der Waals surface area contributed by atoms with Crippen LogP contribution in [0, 0.1) is 0 Å². The fraction of sp³-hybridized carbons (Fsp3) is 0.100. The Hall–Kier alpha value is -3.40. The number of fused-ring (bicyclic) bond motifs is 1. The summed E-state index contributed by atoms with van der Waals surface area (Å²) in [4.78, 5) is 16.3. The number of rotatable bonds is 3. The Morgan fingerprint density at radius 3 is 2.35 bits per heavy atom. The lowest BCUT2D eigenvalue weighted by molar-refractivity contribution is -0.286. The number of halogens is 6. The van der Waals surface area contributed by atoms with Gasteiger partial charge in [-0.3, -0.25) is 4.79 Å². The molecule has 1 aliphatic heterocycles. The first-order chi connectivity index (χ1) is 14.5. The Bertz CT molecular complexity index is 1170. The Kier molecular flexibility index (Phi) is 4.97. The van der Waals surface area contributed by atoms with E-state index in [1.54, 1.807) is 0 Å². The number of amides is 1. The van der Waals surface area contributed by atoms with Crippen LogP contribution in [0.3, 0.4) is 0 Å². The zero-order valence-electron chi connectivity index (χ0n) is 15.1. The summed E-state index contributed by atoms with van der Waals surface area (Å²) in [5, 5.41) is 2.37. The highest BCUT2D eigenvalue weighted by molar-refractivity contribution is 6.33. The van der Waals surface area contributed by atoms with Crippen LogP contribution in [0.2, 0.25) is 5.02 Å². The van der Waals surface area contributed by atoms with E-state index in [9.17, 15) is 26.7 Å². The van der Waals surface area contributed by atoms with Crippen molar-refractivity contribution in [3.8, 4) is 22.6 Å². The van der Waals surface area contributed by atoms with Crippen molar-refractivity contribution in [2.45, 2.75) is 12.5 Å². The zero-order chi connectivity index (χ0) is 22.4. The van der Waals surface area contributed by atoms with Gasteiger partial charge < -0.3 is 14.8 Å². The van der Waals surface area contributed by atoms with E-state index in [1.807, 2.05) is 0 Å². The number of ether oxygens (including phenoxy) is 2. The van der Waals surface area contributed by atoms with Gasteiger partial charge in [0.1, 0.15) is 5.82 Å². The van der Waals surface area contributed by atoms with E-state index < -0.39 is 29.5 Å². The van der Waals surface area contributed by atoms with Crippen molar-refractivity contribution in [3.63, 3.8) is 0 Å². The van der Waals surface area contributed by atoms with Crippen LogP contribution >= 0.6 is 11.6 Å². The lowest BCUT2D eigenvalue weighted by atomic mass is 10.1. The number of anilines is 1. The molecule has 0 radical (unpaired) electrons. The van der Waals surface area contributed by atoms with Crippen LogP contribution < -0.4 is 14.8 Å². The summed E-state index contributed by atoms with van der Waals surface area (Å²) in [5.41, 5.74) is -0.941. The largest absolute Gasteiger partial charge is 0.586 e. The highest BCUT2D eigenvalue weighted by Gasteiger charge is 2.44. The van der Waals surface area contributed by atoms with Crippen LogP contribution in [-0.2, 0) is 6.18 Å². The number of benzene rings is 2. The molecule has 2 heterocycles. The smallest absolute Gasteiger partial charge is 0.395 e. The van der Waals surface area contributed by atoms with Crippen molar-refractivity contribution < 1.29 is 36.2 Å². The van der Waals surface area contributed by atoms with Crippen LogP contribution in [0.25, 0.3) is 11.1 Å². The molecule has 160 valence electrons. The summed E-state index contributed by atoms with van der Waals surface area (Å²) in [6.45, 7) is 0. The quantitative estimate of drug-likeness (QED) is 0.491. The number of aromatic nitrogens is 1. The Morgan fingerprint density at radius 1 is 1.03 bits per heavy atom. The van der Waals surface area contributed by atoms with Crippen LogP contribution in [0.15, 0.2) is 54.7 Å². The maximum absolute atomic E-state index is 13.2. The van der Waals surface area contributed by atoms with Crippen molar-refractivity contribution in [1.82, 2.24) is 4.98 Å². The second-order valence-corrected chi connectivity index (χ2v) is 6.78. The average Bonchev–Trinajstić information content (AvgIpc) is 3.00. The second kappa shape index (κ2) is 7.38. The molecule has 4 rings (SSSR count). The van der Waals surface area contributed by atoms with Crippen LogP contribution in [0.5, 0.6) is 11.5 Å². The number of carbonyl (C=O) groups excluding carboxylic acids is 1. The van der Waals surface area contributed by atoms with Gasteiger partial charge in [0, 0.05) is 23.4 Å². The zero-order valence-corrected chi connectivity index (χ0v) is 15.9. The molecule has 0 unspecified atom stereocenters. The van der Waals surface area contributed by atoms with Crippen molar-refractivity contribution in [3.05, 3.63) is 70.9 Å². The molecular weight excluding hydrogens is 447 g/mol. The first-order valence-electron chi connectivity index (χ1n) is 8.57. The third kappa shape index (κ3) is 4.24. The molecule has 0 saturated heterocycles. The fourth-order valence-corrected chi connectivity index (χ4v) is 3.19. The summed E-state index contributed by atoms with van der Waals surface area (Å²) < 4.78 is 74.4. The molecule has 1 N–H and O–H groups in total. The molecule has 0 fully saturated rings. The van der Waals surface area contributed by atoms with Gasteiger partial charge in [-0.2, -0.15) is 13.2 Å². The van der Waals surface area contributed by atoms with Crippen LogP contribution in [-0.4, -0.2) is 17.2 Å². The highest BCUT2D eigenvalue weighted by atomic mass is 35.5. The molecule has 1 aliphatic rings. The SMILES string of the molecule is O=C(Nc1ccc(-c2cc3c(cc2Cl)OC(F)(F)O3)cn1)c1ccccc1C(F)(F)F. The minimum atomic E-state index is -4.70. The van der Waals surface area contributed by atoms with Crippen molar-refractivity contribution in [1.29, 1.82) is 0 Å². The molecule has 2 aromatic carbocycles. The van der Waals surface area contributed by atoms with Crippen LogP contribution in [0.4, 0.5) is 27.8 Å². The number of carbonyl (C=O) groups is 1. The minimum absolute atomic E-state index is 0.0193. The normalized spacial score (nSPS) is 14.4. The van der Waals surface area contributed by atoms with Crippen molar-refractivity contribution in [2.24, 2.45) is 0 Å². The molecule has 5 nitrogen and oxygen atoms in total. The number of hydrogen-bond donors (Lipinski definition) is 1. The molecule has 1 aromatic heterocycles. The number of hydrogen-bond acceptors (Lipinski definition) is 4. The van der Waals surface area contributed by atoms with E-state index >= 15 is 0 Å². The third-order valence-electron chi connectivity index (χ3n) is 4.28. The molecule has 3 aromatic rings. The summed E-state index contributed by atoms with van der Waals surface area (Å²) in [6.07, 6.45) is -7.23. The minimum Gasteiger partial charge on any atom is -0.395 e. The van der Waals surface area contributed by atoms with E-state index in [1.165, 1.54) is 36.5 Å². The summed E-state index contributed by atoms with van der Waals surface area (Å²) >= 11 is 6.12. The third-order valence-corrected chi connectivity index (χ3v) is 4.60. The molecule has 0 saturated carbocycles. The molecule has 0 bridgehead atoms. The molecule has 0 spiro atoms. The maximum Gasteiger partial charge on any atom is 0.586 e.